The maximum absolute atomic E-state index is 12.1. The summed E-state index contributed by atoms with van der Waals surface area (Å²) in [6.07, 6.45) is 0. The number of hydrogen-bond donors (Lipinski definition) is 2. The van der Waals surface area contributed by atoms with Crippen LogP contribution in [0, 0.1) is 0 Å². The zero-order valence-corrected chi connectivity index (χ0v) is 13.5. The number of thiophene rings is 1. The SMILES string of the molecule is Nc1ccc(Br)cc1S(=O)(=O)NCc1ccc(Cl)s1. The molecule has 1 aromatic carbocycles. The van der Waals surface area contributed by atoms with E-state index in [-0.39, 0.29) is 17.1 Å². The number of nitrogens with one attached hydrogen (secondary N) is 1. The van der Waals surface area contributed by atoms with E-state index in [1.54, 1.807) is 24.3 Å². The molecular weight excluding hydrogens is 372 g/mol. The molecule has 0 aliphatic heterocycles. The van der Waals surface area contributed by atoms with Crippen LogP contribution in [0.1, 0.15) is 4.88 Å². The van der Waals surface area contributed by atoms with Crippen molar-refractivity contribution in [2.24, 2.45) is 0 Å². The van der Waals surface area contributed by atoms with Gasteiger partial charge in [0.1, 0.15) is 4.90 Å². The van der Waals surface area contributed by atoms with Crippen LogP contribution in [0.25, 0.3) is 0 Å². The molecule has 2 aromatic rings. The molecule has 1 heterocycles. The molecule has 0 saturated heterocycles. The van der Waals surface area contributed by atoms with Crippen LogP contribution < -0.4 is 10.5 Å². The van der Waals surface area contributed by atoms with Gasteiger partial charge in [-0.2, -0.15) is 0 Å². The van der Waals surface area contributed by atoms with Crippen molar-refractivity contribution in [2.75, 3.05) is 5.73 Å². The number of benzene rings is 1. The fourth-order valence-electron chi connectivity index (χ4n) is 1.43. The third-order valence-corrected chi connectivity index (χ3v) is 5.51. The second-order valence-electron chi connectivity index (χ2n) is 3.71. The second kappa shape index (κ2) is 5.80. The summed E-state index contributed by atoms with van der Waals surface area (Å²) in [5.74, 6) is 0. The van der Waals surface area contributed by atoms with E-state index in [0.717, 1.165) is 4.88 Å². The van der Waals surface area contributed by atoms with Gasteiger partial charge in [0.15, 0.2) is 0 Å². The third-order valence-electron chi connectivity index (χ3n) is 2.33. The van der Waals surface area contributed by atoms with Gasteiger partial charge in [-0.3, -0.25) is 0 Å². The van der Waals surface area contributed by atoms with Crippen LogP contribution in [0.15, 0.2) is 39.7 Å². The Morgan fingerprint density at radius 1 is 1.32 bits per heavy atom. The molecule has 0 aliphatic rings. The highest BCUT2D eigenvalue weighted by Gasteiger charge is 2.17. The Labute approximate surface area is 128 Å². The van der Waals surface area contributed by atoms with E-state index in [1.165, 1.54) is 17.4 Å². The van der Waals surface area contributed by atoms with Crippen LogP contribution in [0.5, 0.6) is 0 Å². The normalized spacial score (nSPS) is 11.7. The van der Waals surface area contributed by atoms with Crippen molar-refractivity contribution in [3.63, 3.8) is 0 Å². The van der Waals surface area contributed by atoms with Gasteiger partial charge < -0.3 is 5.73 Å². The summed E-state index contributed by atoms with van der Waals surface area (Å²) >= 11 is 10.3. The van der Waals surface area contributed by atoms with Crippen LogP contribution in [-0.4, -0.2) is 8.42 Å². The highest BCUT2D eigenvalue weighted by atomic mass is 79.9. The lowest BCUT2D eigenvalue weighted by Crippen LogP contribution is -2.23. The number of rotatable bonds is 4. The Hall–Kier alpha value is -0.600. The summed E-state index contributed by atoms with van der Waals surface area (Å²) < 4.78 is 28.1. The van der Waals surface area contributed by atoms with E-state index in [1.807, 2.05) is 0 Å². The molecule has 3 N–H and O–H groups in total. The summed E-state index contributed by atoms with van der Waals surface area (Å²) in [6, 6.07) is 8.20. The second-order valence-corrected chi connectivity index (χ2v) is 8.16. The lowest BCUT2D eigenvalue weighted by atomic mass is 10.3. The molecule has 8 heteroatoms. The van der Waals surface area contributed by atoms with Crippen molar-refractivity contribution in [1.29, 1.82) is 0 Å². The molecule has 102 valence electrons. The molecule has 0 unspecified atom stereocenters. The van der Waals surface area contributed by atoms with E-state index >= 15 is 0 Å². The van der Waals surface area contributed by atoms with Crippen LogP contribution in [0.2, 0.25) is 4.34 Å². The molecule has 0 aliphatic carbocycles. The first kappa shape index (κ1) is 14.8. The molecule has 0 bridgehead atoms. The number of nitrogens with two attached hydrogens (primary N) is 1. The van der Waals surface area contributed by atoms with E-state index in [0.29, 0.717) is 8.81 Å². The Kier molecular flexibility index (Phi) is 4.52. The van der Waals surface area contributed by atoms with E-state index in [9.17, 15) is 8.42 Å². The summed E-state index contributed by atoms with van der Waals surface area (Å²) in [4.78, 5) is 0.895. The number of sulfonamides is 1. The van der Waals surface area contributed by atoms with E-state index in [2.05, 4.69) is 20.7 Å². The maximum Gasteiger partial charge on any atom is 0.242 e. The fourth-order valence-corrected chi connectivity index (χ4v) is 4.22. The smallest absolute Gasteiger partial charge is 0.242 e. The number of hydrogen-bond acceptors (Lipinski definition) is 4. The van der Waals surface area contributed by atoms with Crippen LogP contribution in [-0.2, 0) is 16.6 Å². The van der Waals surface area contributed by atoms with Gasteiger partial charge in [0, 0.05) is 15.9 Å². The first-order valence-electron chi connectivity index (χ1n) is 5.17. The lowest BCUT2D eigenvalue weighted by Gasteiger charge is -2.08. The van der Waals surface area contributed by atoms with Crippen molar-refractivity contribution in [1.82, 2.24) is 4.72 Å². The minimum absolute atomic E-state index is 0.0597. The summed E-state index contributed by atoms with van der Waals surface area (Å²) in [6.45, 7) is 0.186. The van der Waals surface area contributed by atoms with Crippen molar-refractivity contribution in [2.45, 2.75) is 11.4 Å². The Balaban J connectivity index is 2.20. The zero-order valence-electron chi connectivity index (χ0n) is 9.56. The topological polar surface area (TPSA) is 72.2 Å². The van der Waals surface area contributed by atoms with Crippen molar-refractivity contribution >= 4 is 54.6 Å². The van der Waals surface area contributed by atoms with Crippen molar-refractivity contribution < 1.29 is 8.42 Å². The van der Waals surface area contributed by atoms with Gasteiger partial charge in [0.05, 0.1) is 10.0 Å². The minimum Gasteiger partial charge on any atom is -0.398 e. The summed E-state index contributed by atoms with van der Waals surface area (Å²) in [5, 5.41) is 0. The largest absolute Gasteiger partial charge is 0.398 e. The highest BCUT2D eigenvalue weighted by molar-refractivity contribution is 9.10. The average molecular weight is 382 g/mol. The van der Waals surface area contributed by atoms with Gasteiger partial charge in [-0.05, 0) is 30.3 Å². The van der Waals surface area contributed by atoms with Gasteiger partial charge in [0.2, 0.25) is 10.0 Å². The van der Waals surface area contributed by atoms with Gasteiger partial charge in [0.25, 0.3) is 0 Å². The molecule has 1 aromatic heterocycles. The monoisotopic (exact) mass is 380 g/mol. The minimum atomic E-state index is -3.64. The number of halogens is 2. The predicted molar refractivity (Wildman–Crippen MR) is 81.9 cm³/mol. The molecule has 0 spiro atoms. The predicted octanol–water partition coefficient (Wildman–Crippen LogP) is 3.22. The van der Waals surface area contributed by atoms with E-state index < -0.39 is 10.0 Å². The Morgan fingerprint density at radius 3 is 2.68 bits per heavy atom. The number of anilines is 1. The molecule has 2 rings (SSSR count). The average Bonchev–Trinajstić information content (AvgIpc) is 2.76. The van der Waals surface area contributed by atoms with Crippen LogP contribution >= 0.6 is 38.9 Å². The van der Waals surface area contributed by atoms with Gasteiger partial charge in [-0.25, -0.2) is 13.1 Å². The first-order chi connectivity index (χ1) is 8.88. The number of nitrogen functional groups attached to an aromatic ring is 1. The maximum atomic E-state index is 12.1. The lowest BCUT2D eigenvalue weighted by molar-refractivity contribution is 0.582. The molecule has 0 fully saturated rings. The van der Waals surface area contributed by atoms with Crippen LogP contribution in [0.4, 0.5) is 5.69 Å². The summed E-state index contributed by atoms with van der Waals surface area (Å²) in [5.41, 5.74) is 5.90. The molecular formula is C11H10BrClN2O2S2. The first-order valence-corrected chi connectivity index (χ1v) is 8.64. The molecule has 0 saturated carbocycles. The molecule has 19 heavy (non-hydrogen) atoms. The summed E-state index contributed by atoms with van der Waals surface area (Å²) in [7, 11) is -3.64. The van der Waals surface area contributed by atoms with Crippen molar-refractivity contribution in [3.05, 3.63) is 44.0 Å². The molecule has 0 radical (unpaired) electrons. The van der Waals surface area contributed by atoms with Gasteiger partial charge >= 0.3 is 0 Å². The molecule has 4 nitrogen and oxygen atoms in total. The van der Waals surface area contributed by atoms with E-state index in [4.69, 9.17) is 17.3 Å². The standard InChI is InChI=1S/C11H10BrClN2O2S2/c12-7-1-3-9(14)10(5-7)19(16,17)15-6-8-2-4-11(13)18-8/h1-5,15H,6,14H2. The Morgan fingerprint density at radius 2 is 2.05 bits per heavy atom. The molecule has 0 atom stereocenters. The quantitative estimate of drug-likeness (QED) is 0.799. The highest BCUT2D eigenvalue weighted by Crippen LogP contribution is 2.24. The van der Waals surface area contributed by atoms with Gasteiger partial charge in [-0.1, -0.05) is 27.5 Å². The fraction of sp³-hybridized carbons (Fsp3) is 0.0909. The third kappa shape index (κ3) is 3.70. The van der Waals surface area contributed by atoms with Crippen molar-refractivity contribution in [3.8, 4) is 0 Å². The van der Waals surface area contributed by atoms with Gasteiger partial charge in [-0.15, -0.1) is 11.3 Å². The zero-order chi connectivity index (χ0) is 14.0. The Bertz CT molecular complexity index is 700. The molecule has 0 amide bonds. The van der Waals surface area contributed by atoms with Crippen LogP contribution in [0.3, 0.4) is 0 Å².